The first-order chi connectivity index (χ1) is 9.02. The second kappa shape index (κ2) is 5.88. The van der Waals surface area contributed by atoms with E-state index >= 15 is 0 Å². The van der Waals surface area contributed by atoms with Gasteiger partial charge < -0.3 is 16.0 Å². The van der Waals surface area contributed by atoms with E-state index in [1.54, 1.807) is 19.2 Å². The average molecular weight is 302 g/mol. The molecule has 1 saturated heterocycles. The van der Waals surface area contributed by atoms with Gasteiger partial charge in [0, 0.05) is 31.7 Å². The van der Waals surface area contributed by atoms with Crippen molar-refractivity contribution in [3.63, 3.8) is 0 Å². The molecule has 1 fully saturated rings. The van der Waals surface area contributed by atoms with Crippen molar-refractivity contribution in [3.05, 3.63) is 22.2 Å². The summed E-state index contributed by atoms with van der Waals surface area (Å²) in [4.78, 5) is 13.7. The molecule has 1 amide bonds. The molecule has 0 spiro atoms. The van der Waals surface area contributed by atoms with Crippen LogP contribution in [0.2, 0.25) is 10.0 Å². The lowest BCUT2D eigenvalue weighted by Crippen LogP contribution is -2.39. The van der Waals surface area contributed by atoms with Crippen molar-refractivity contribution in [2.75, 3.05) is 30.8 Å². The van der Waals surface area contributed by atoms with E-state index in [4.69, 9.17) is 28.9 Å². The van der Waals surface area contributed by atoms with E-state index in [9.17, 15) is 4.79 Å². The van der Waals surface area contributed by atoms with Crippen molar-refractivity contribution in [2.24, 2.45) is 5.92 Å². The van der Waals surface area contributed by atoms with Crippen LogP contribution in [0.1, 0.15) is 12.8 Å². The fourth-order valence-corrected chi connectivity index (χ4v) is 3.20. The topological polar surface area (TPSA) is 58.4 Å². The molecule has 104 valence electrons. The highest BCUT2D eigenvalue weighted by Crippen LogP contribution is 2.37. The number of halogens is 2. The molecule has 0 aliphatic carbocycles. The zero-order valence-electron chi connectivity index (χ0n) is 10.7. The molecular formula is C13H17Cl2N3O. The average Bonchev–Trinajstić information content (AvgIpc) is 2.37. The van der Waals surface area contributed by atoms with Gasteiger partial charge in [-0.1, -0.05) is 23.2 Å². The molecule has 1 aromatic rings. The third-order valence-corrected chi connectivity index (χ3v) is 4.04. The van der Waals surface area contributed by atoms with Crippen molar-refractivity contribution in [2.45, 2.75) is 12.8 Å². The molecule has 1 aromatic carbocycles. The highest BCUT2D eigenvalue weighted by atomic mass is 35.5. The van der Waals surface area contributed by atoms with Gasteiger partial charge >= 0.3 is 0 Å². The Morgan fingerprint density at radius 1 is 1.32 bits per heavy atom. The largest absolute Gasteiger partial charge is 0.399 e. The number of nitrogens with one attached hydrogen (secondary N) is 1. The highest BCUT2D eigenvalue weighted by molar-refractivity contribution is 6.39. The lowest BCUT2D eigenvalue weighted by molar-refractivity contribution is -0.125. The van der Waals surface area contributed by atoms with E-state index in [2.05, 4.69) is 10.2 Å². The van der Waals surface area contributed by atoms with Gasteiger partial charge in [-0.25, -0.2) is 0 Å². The van der Waals surface area contributed by atoms with Crippen LogP contribution in [-0.2, 0) is 4.79 Å². The summed E-state index contributed by atoms with van der Waals surface area (Å²) in [6, 6.07) is 3.40. The molecule has 0 bridgehead atoms. The van der Waals surface area contributed by atoms with E-state index in [1.165, 1.54) is 0 Å². The van der Waals surface area contributed by atoms with Gasteiger partial charge in [0.05, 0.1) is 15.7 Å². The molecular weight excluding hydrogens is 285 g/mol. The maximum Gasteiger partial charge on any atom is 0.222 e. The Labute approximate surface area is 122 Å². The van der Waals surface area contributed by atoms with E-state index in [-0.39, 0.29) is 11.8 Å². The predicted molar refractivity (Wildman–Crippen MR) is 79.9 cm³/mol. The Kier molecular flexibility index (Phi) is 4.42. The van der Waals surface area contributed by atoms with Crippen LogP contribution in [0.4, 0.5) is 11.4 Å². The predicted octanol–water partition coefficient (Wildman–Crippen LogP) is 2.54. The number of hydrogen-bond donors (Lipinski definition) is 2. The molecule has 0 unspecified atom stereocenters. The van der Waals surface area contributed by atoms with E-state index in [0.29, 0.717) is 15.7 Å². The van der Waals surface area contributed by atoms with Crippen LogP contribution >= 0.6 is 23.2 Å². The summed E-state index contributed by atoms with van der Waals surface area (Å²) in [5.74, 6) is 0.182. The van der Waals surface area contributed by atoms with Gasteiger partial charge in [0.2, 0.25) is 5.91 Å². The number of amides is 1. The van der Waals surface area contributed by atoms with E-state index in [1.807, 2.05) is 0 Å². The Morgan fingerprint density at radius 3 is 2.32 bits per heavy atom. The number of nitrogen functional groups attached to an aromatic ring is 1. The molecule has 0 aromatic heterocycles. The molecule has 0 saturated carbocycles. The molecule has 6 heteroatoms. The second-order valence-electron chi connectivity index (χ2n) is 4.71. The first kappa shape index (κ1) is 14.3. The van der Waals surface area contributed by atoms with Gasteiger partial charge in [0.1, 0.15) is 0 Å². The fraction of sp³-hybridized carbons (Fsp3) is 0.462. The Balaban J connectivity index is 2.12. The Morgan fingerprint density at radius 2 is 1.84 bits per heavy atom. The Hall–Kier alpha value is -1.13. The number of rotatable bonds is 2. The maximum absolute atomic E-state index is 11.6. The Bertz CT molecular complexity index is 462. The third-order valence-electron chi connectivity index (χ3n) is 3.47. The molecule has 0 radical (unpaired) electrons. The quantitative estimate of drug-likeness (QED) is 0.825. The van der Waals surface area contributed by atoms with Crippen molar-refractivity contribution in [1.82, 2.24) is 5.32 Å². The van der Waals surface area contributed by atoms with Crippen molar-refractivity contribution in [3.8, 4) is 0 Å². The van der Waals surface area contributed by atoms with Crippen molar-refractivity contribution in [1.29, 1.82) is 0 Å². The number of nitrogens with two attached hydrogens (primary N) is 1. The molecule has 0 atom stereocenters. The summed E-state index contributed by atoms with van der Waals surface area (Å²) in [5, 5.41) is 3.81. The molecule has 3 N–H and O–H groups in total. The van der Waals surface area contributed by atoms with Crippen molar-refractivity contribution < 1.29 is 4.79 Å². The normalized spacial score (nSPS) is 16.5. The first-order valence-corrected chi connectivity index (χ1v) is 6.99. The zero-order valence-corrected chi connectivity index (χ0v) is 12.3. The molecule has 1 aliphatic rings. The standard InChI is InChI=1S/C13H17Cl2N3O/c1-17-13(19)8-2-4-18(5-3-8)12-10(14)6-9(16)7-11(12)15/h6-8H,2-5,16H2,1H3,(H,17,19). The van der Waals surface area contributed by atoms with Crippen LogP contribution < -0.4 is 16.0 Å². The van der Waals surface area contributed by atoms with E-state index in [0.717, 1.165) is 31.6 Å². The lowest BCUT2D eigenvalue weighted by Gasteiger charge is -2.34. The minimum absolute atomic E-state index is 0.0765. The van der Waals surface area contributed by atoms with Crippen LogP contribution in [0.15, 0.2) is 12.1 Å². The van der Waals surface area contributed by atoms with Crippen LogP contribution in [0.5, 0.6) is 0 Å². The molecule has 1 heterocycles. The van der Waals surface area contributed by atoms with Gasteiger partial charge in [-0.05, 0) is 25.0 Å². The fourth-order valence-electron chi connectivity index (χ4n) is 2.46. The zero-order chi connectivity index (χ0) is 14.0. The number of hydrogen-bond acceptors (Lipinski definition) is 3. The van der Waals surface area contributed by atoms with E-state index < -0.39 is 0 Å². The van der Waals surface area contributed by atoms with Gasteiger partial charge in [0.25, 0.3) is 0 Å². The number of nitrogens with zero attached hydrogens (tertiary/aromatic N) is 1. The van der Waals surface area contributed by atoms with Crippen molar-refractivity contribution >= 4 is 40.5 Å². The third kappa shape index (κ3) is 3.07. The SMILES string of the molecule is CNC(=O)C1CCN(c2c(Cl)cc(N)cc2Cl)CC1. The summed E-state index contributed by atoms with van der Waals surface area (Å²) in [7, 11) is 1.67. The van der Waals surface area contributed by atoms with Crippen LogP contribution in [0, 0.1) is 5.92 Å². The smallest absolute Gasteiger partial charge is 0.222 e. The van der Waals surface area contributed by atoms with Gasteiger partial charge in [-0.3, -0.25) is 4.79 Å². The van der Waals surface area contributed by atoms with Gasteiger partial charge in [-0.2, -0.15) is 0 Å². The molecule has 1 aliphatic heterocycles. The van der Waals surface area contributed by atoms with Gasteiger partial charge in [0.15, 0.2) is 0 Å². The number of carbonyl (C=O) groups excluding carboxylic acids is 1. The summed E-state index contributed by atoms with van der Waals surface area (Å²) in [5.41, 5.74) is 7.06. The van der Waals surface area contributed by atoms with Crippen LogP contribution in [-0.4, -0.2) is 26.0 Å². The summed E-state index contributed by atoms with van der Waals surface area (Å²) in [6.07, 6.45) is 1.60. The van der Waals surface area contributed by atoms with Crippen LogP contribution in [0.25, 0.3) is 0 Å². The minimum Gasteiger partial charge on any atom is -0.399 e. The monoisotopic (exact) mass is 301 g/mol. The summed E-state index contributed by atoms with van der Waals surface area (Å²) >= 11 is 12.4. The highest BCUT2D eigenvalue weighted by Gasteiger charge is 2.26. The molecule has 2 rings (SSSR count). The number of benzene rings is 1. The molecule has 4 nitrogen and oxygen atoms in total. The maximum atomic E-state index is 11.6. The van der Waals surface area contributed by atoms with Crippen LogP contribution in [0.3, 0.4) is 0 Å². The number of piperidine rings is 1. The lowest BCUT2D eigenvalue weighted by atomic mass is 9.95. The second-order valence-corrected chi connectivity index (χ2v) is 5.52. The molecule has 19 heavy (non-hydrogen) atoms. The van der Waals surface area contributed by atoms with Gasteiger partial charge in [-0.15, -0.1) is 0 Å². The summed E-state index contributed by atoms with van der Waals surface area (Å²) in [6.45, 7) is 1.53. The number of carbonyl (C=O) groups is 1. The summed E-state index contributed by atoms with van der Waals surface area (Å²) < 4.78 is 0. The number of anilines is 2. The minimum atomic E-state index is 0.0765. The first-order valence-electron chi connectivity index (χ1n) is 6.24.